The first-order valence-corrected chi connectivity index (χ1v) is 37.9. The number of fused-ring (bicyclic) bond motifs is 13. The van der Waals surface area contributed by atoms with Gasteiger partial charge in [-0.2, -0.15) is 10.5 Å². The Labute approximate surface area is 655 Å². The summed E-state index contributed by atoms with van der Waals surface area (Å²) < 4.78 is 84.7. The second-order valence-electron chi connectivity index (χ2n) is 33.8. The number of hydrogen-bond donors (Lipinski definition) is 0. The first kappa shape index (κ1) is 59.2. The van der Waals surface area contributed by atoms with E-state index in [0.717, 1.165) is 110 Å². The van der Waals surface area contributed by atoms with Crippen LogP contribution in [-0.4, -0.2) is 20.4 Å². The quantitative estimate of drug-likeness (QED) is 0.142. The van der Waals surface area contributed by atoms with Crippen molar-refractivity contribution in [3.05, 3.63) is 324 Å². The van der Waals surface area contributed by atoms with E-state index in [-0.39, 0.29) is 74.4 Å². The molecule has 110 heavy (non-hydrogen) atoms. The minimum absolute atomic E-state index is 0.00976. The van der Waals surface area contributed by atoms with Crippen LogP contribution in [0.15, 0.2) is 291 Å². The van der Waals surface area contributed by atoms with Crippen molar-refractivity contribution in [1.29, 1.82) is 10.5 Å². The van der Waals surface area contributed by atoms with Gasteiger partial charge < -0.3 is 23.5 Å². The zero-order valence-corrected chi connectivity index (χ0v) is 63.8. The Kier molecular flexibility index (Phi) is 13.4. The Morgan fingerprint density at radius 2 is 0.791 bits per heavy atom. The lowest BCUT2D eigenvalue weighted by Gasteiger charge is -2.45. The van der Waals surface area contributed by atoms with Gasteiger partial charge in [0.25, 0.3) is 6.71 Å². The van der Waals surface area contributed by atoms with Crippen molar-refractivity contribution in [2.45, 2.75) is 105 Å². The van der Waals surface area contributed by atoms with E-state index in [2.05, 4.69) is 249 Å². The summed E-state index contributed by atoms with van der Waals surface area (Å²) in [7, 11) is 0. The van der Waals surface area contributed by atoms with Crippen LogP contribution in [0.5, 0.6) is 0 Å². The van der Waals surface area contributed by atoms with Crippen molar-refractivity contribution in [1.82, 2.24) is 13.7 Å². The maximum absolute atomic E-state index is 12.1. The van der Waals surface area contributed by atoms with Crippen LogP contribution in [0, 0.1) is 22.7 Å². The predicted octanol–water partition coefficient (Wildman–Crippen LogP) is 25.0. The minimum Gasteiger partial charge on any atom is -0.311 e. The standard InChI is InChI=1S/C102H84BN7/c1-99(2,3)70-40-48-90-82(56-70)83-57-71(100(4,5)6)41-49-91(83)107(90)75-44-47-85-96(60-75)110(94-58-74(42-37-68(94)62-105)106-86-33-20-16-29-78(86)79-30-17-21-34-87(79)106)92-50-45-77(66-28-24-27-64(51-66)63-25-14-13-15-26-63)98-97(92)103(85)84-46-39-65(69-52-72(101(7,8)9)55-73(53-69)102(10,11)12)54-95(84)108(98)76-43-38-67(61-104)93(59-76)109-88-35-22-18-31-80(88)81-32-19-23-36-89(81)109/h13-60H,1-12H3/i13D,14D,15D,25D,26D,38D,43D,59D. The molecule has 17 aromatic rings. The van der Waals surface area contributed by atoms with Crippen LogP contribution in [-0.2, 0) is 21.7 Å². The normalized spacial score (nSPS) is 14.0. The fourth-order valence-electron chi connectivity index (χ4n) is 17.2. The number of aromatic nitrogens is 3. The van der Waals surface area contributed by atoms with Gasteiger partial charge >= 0.3 is 0 Å². The number of nitriles is 2. The Bertz CT molecular complexity index is 7110. The molecule has 3 aromatic heterocycles. The Morgan fingerprint density at radius 3 is 1.34 bits per heavy atom. The lowest BCUT2D eigenvalue weighted by Crippen LogP contribution is -2.61. The minimum atomic E-state index is -0.692. The largest absolute Gasteiger partial charge is 0.311 e. The van der Waals surface area contributed by atoms with E-state index in [4.69, 9.17) is 4.11 Å². The summed E-state index contributed by atoms with van der Waals surface area (Å²) in [6.45, 7) is 26.2. The van der Waals surface area contributed by atoms with Gasteiger partial charge in [0.05, 0.1) is 72.3 Å². The highest BCUT2D eigenvalue weighted by Crippen LogP contribution is 2.52. The third kappa shape index (κ3) is 10.7. The van der Waals surface area contributed by atoms with Crippen LogP contribution >= 0.6 is 0 Å². The summed E-state index contributed by atoms with van der Waals surface area (Å²) in [5, 5.41) is 29.9. The van der Waals surface area contributed by atoms with Crippen LogP contribution < -0.4 is 26.2 Å². The average Bonchev–Trinajstić information content (AvgIpc) is 0.862. The molecule has 0 fully saturated rings. The first-order valence-electron chi connectivity index (χ1n) is 41.9. The van der Waals surface area contributed by atoms with Crippen molar-refractivity contribution in [3.63, 3.8) is 0 Å². The molecule has 2 aliphatic rings. The highest BCUT2D eigenvalue weighted by atomic mass is 15.2. The summed E-state index contributed by atoms with van der Waals surface area (Å²) in [6.07, 6.45) is 0. The lowest BCUT2D eigenvalue weighted by atomic mass is 9.33. The van der Waals surface area contributed by atoms with Crippen molar-refractivity contribution in [2.24, 2.45) is 0 Å². The smallest absolute Gasteiger partial charge is 0.252 e. The van der Waals surface area contributed by atoms with Gasteiger partial charge in [0, 0.05) is 72.0 Å². The highest BCUT2D eigenvalue weighted by molar-refractivity contribution is 7.00. The van der Waals surface area contributed by atoms with Crippen molar-refractivity contribution < 1.29 is 11.0 Å². The van der Waals surface area contributed by atoms with Crippen LogP contribution in [0.25, 0.3) is 116 Å². The highest BCUT2D eigenvalue weighted by Gasteiger charge is 2.46. The molecule has 0 atom stereocenters. The summed E-state index contributed by atoms with van der Waals surface area (Å²) >= 11 is 0. The lowest BCUT2D eigenvalue weighted by molar-refractivity contribution is 0.569. The molecule has 0 amide bonds. The van der Waals surface area contributed by atoms with E-state index >= 15 is 0 Å². The molecule has 0 spiro atoms. The molecule has 2 aliphatic heterocycles. The fourth-order valence-corrected chi connectivity index (χ4v) is 17.2. The number of hydrogen-bond acceptors (Lipinski definition) is 4. The molecule has 7 nitrogen and oxygen atoms in total. The molecule has 8 heteroatoms. The number of anilines is 6. The van der Waals surface area contributed by atoms with E-state index in [1.54, 1.807) is 6.07 Å². The molecule has 19 rings (SSSR count). The van der Waals surface area contributed by atoms with Gasteiger partial charge in [-0.3, -0.25) is 0 Å². The molecule has 0 unspecified atom stereocenters. The fraction of sp³-hybridized carbons (Fsp3) is 0.157. The number of nitrogens with zero attached hydrogens (tertiary/aromatic N) is 7. The van der Waals surface area contributed by atoms with Crippen molar-refractivity contribution in [3.8, 4) is 62.6 Å². The third-order valence-electron chi connectivity index (χ3n) is 22.9. The number of benzene rings is 14. The van der Waals surface area contributed by atoms with E-state index in [1.165, 1.54) is 11.1 Å². The van der Waals surface area contributed by atoms with Crippen LogP contribution in [0.4, 0.5) is 34.1 Å². The average molecular weight is 1430 g/mol. The summed E-state index contributed by atoms with van der Waals surface area (Å²) in [5.41, 5.74) is 20.0. The SMILES string of the molecule is [2H]c1c([2H])c([2H])c(-c2cccc(-c3ccc4c5c3N(c3c([2H])c([2H])c(C#N)c(-n6c7ccccc7c7ccccc76)c3[2H])c3cc(-c6cc(C(C)(C)C)cc(C(C)(C)C)c6)ccc3B5c3ccc(-n5c6ccc(C(C)(C)C)cc6c6cc(C(C)(C)C)ccc65)cc3N4c3cc(-n4c5ccccc5c5ccccc54)ccc3C#N)c2)c([2H])c1[2H]. The van der Waals surface area contributed by atoms with E-state index in [0.29, 0.717) is 56.0 Å². The number of rotatable bonds is 8. The molecule has 5 heterocycles. The number of para-hydroxylation sites is 4. The van der Waals surface area contributed by atoms with Crippen molar-refractivity contribution >= 4 is 123 Å². The second kappa shape index (κ2) is 24.8. The summed E-state index contributed by atoms with van der Waals surface area (Å²) in [6, 6.07) is 85.8. The molecule has 0 saturated carbocycles. The first-order chi connectivity index (χ1) is 56.3. The van der Waals surface area contributed by atoms with Gasteiger partial charge in [-0.05, 0) is 203 Å². The van der Waals surface area contributed by atoms with Gasteiger partial charge in [-0.15, -0.1) is 0 Å². The predicted molar refractivity (Wildman–Crippen MR) is 464 cm³/mol. The third-order valence-corrected chi connectivity index (χ3v) is 22.9. The summed E-state index contributed by atoms with van der Waals surface area (Å²) in [4.78, 5) is 4.22. The van der Waals surface area contributed by atoms with E-state index in [1.807, 2.05) is 107 Å². The molecular formula is C102H84BN7. The zero-order valence-electron chi connectivity index (χ0n) is 71.8. The molecule has 530 valence electrons. The Morgan fingerprint density at radius 1 is 0.309 bits per heavy atom. The van der Waals surface area contributed by atoms with E-state index in [9.17, 15) is 17.4 Å². The van der Waals surface area contributed by atoms with E-state index < -0.39 is 24.8 Å². The van der Waals surface area contributed by atoms with Gasteiger partial charge in [0.15, 0.2) is 0 Å². The van der Waals surface area contributed by atoms with Gasteiger partial charge in [-0.25, -0.2) is 0 Å². The maximum Gasteiger partial charge on any atom is 0.252 e. The maximum atomic E-state index is 12.1. The van der Waals surface area contributed by atoms with Gasteiger partial charge in [-0.1, -0.05) is 259 Å². The van der Waals surface area contributed by atoms with Crippen LogP contribution in [0.1, 0.15) is 127 Å². The van der Waals surface area contributed by atoms with Gasteiger partial charge in [0.1, 0.15) is 12.1 Å². The molecule has 0 N–H and O–H groups in total. The Balaban J connectivity index is 0.990. The molecule has 0 aliphatic carbocycles. The van der Waals surface area contributed by atoms with Crippen molar-refractivity contribution in [2.75, 3.05) is 9.80 Å². The molecular weight excluding hydrogens is 1330 g/mol. The second-order valence-corrected chi connectivity index (χ2v) is 33.8. The zero-order chi connectivity index (χ0) is 82.6. The molecule has 0 radical (unpaired) electrons. The molecule has 14 aromatic carbocycles. The monoisotopic (exact) mass is 1430 g/mol. The topological polar surface area (TPSA) is 68.8 Å². The molecule has 0 bridgehead atoms. The Hall–Kier alpha value is -12.9. The molecule has 0 saturated heterocycles. The summed E-state index contributed by atoms with van der Waals surface area (Å²) in [5.74, 6) is 0. The van der Waals surface area contributed by atoms with Crippen LogP contribution in [0.2, 0.25) is 0 Å². The van der Waals surface area contributed by atoms with Gasteiger partial charge in [0.2, 0.25) is 0 Å². The van der Waals surface area contributed by atoms with Crippen LogP contribution in [0.3, 0.4) is 0 Å².